The van der Waals surface area contributed by atoms with Gasteiger partial charge in [0, 0.05) is 23.7 Å². The Morgan fingerprint density at radius 3 is 2.37 bits per heavy atom. The minimum Gasteiger partial charge on any atom is -0.388 e. The standard InChI is InChI=1S/C26H23ClN8O3/c27-19-3-7-21(8-4-19)35-23-22(13-30-35)25(37)33(17-29-23)14-26(38)9-11-32(12-10-26)24(36)18-1-5-20(6-2-18)34-16-28-15-31-34/h1-8,13,15-17,38H,9-12,14H2. The smallest absolute Gasteiger partial charge is 0.264 e. The molecule has 12 heteroatoms. The highest BCUT2D eigenvalue weighted by Gasteiger charge is 2.35. The SMILES string of the molecule is O=C(c1ccc(-n2cncn2)cc1)N1CCC(O)(Cn2cnc3c(cnn3-c3ccc(Cl)cc3)c2=O)CC1. The van der Waals surface area contributed by atoms with Gasteiger partial charge in [0.15, 0.2) is 5.65 Å². The van der Waals surface area contributed by atoms with Gasteiger partial charge in [-0.3, -0.25) is 14.2 Å². The molecule has 0 radical (unpaired) electrons. The Morgan fingerprint density at radius 2 is 1.68 bits per heavy atom. The third kappa shape index (κ3) is 4.46. The number of aromatic nitrogens is 7. The van der Waals surface area contributed by atoms with Crippen LogP contribution in [0.4, 0.5) is 0 Å². The van der Waals surface area contributed by atoms with Crippen LogP contribution in [0.2, 0.25) is 5.02 Å². The van der Waals surface area contributed by atoms with E-state index in [-0.39, 0.29) is 18.0 Å². The molecule has 192 valence electrons. The fourth-order valence-corrected chi connectivity index (χ4v) is 4.84. The highest BCUT2D eigenvalue weighted by Crippen LogP contribution is 2.25. The maximum absolute atomic E-state index is 13.2. The number of aliphatic hydroxyl groups is 1. The molecule has 0 spiro atoms. The molecule has 38 heavy (non-hydrogen) atoms. The van der Waals surface area contributed by atoms with E-state index in [1.807, 2.05) is 12.1 Å². The minimum atomic E-state index is -1.14. The number of fused-ring (bicyclic) bond motifs is 1. The number of benzene rings is 2. The van der Waals surface area contributed by atoms with Gasteiger partial charge in [-0.1, -0.05) is 11.6 Å². The van der Waals surface area contributed by atoms with Gasteiger partial charge in [-0.25, -0.2) is 19.3 Å². The highest BCUT2D eigenvalue weighted by molar-refractivity contribution is 6.30. The number of carbonyl (C=O) groups excluding carboxylic acids is 1. The van der Waals surface area contributed by atoms with Gasteiger partial charge >= 0.3 is 0 Å². The van der Waals surface area contributed by atoms with Gasteiger partial charge in [-0.05, 0) is 61.4 Å². The molecule has 4 heterocycles. The molecular formula is C26H23ClN8O3. The molecule has 0 saturated carbocycles. The molecule has 1 aliphatic rings. The second-order valence-corrected chi connectivity index (χ2v) is 9.79. The quantitative estimate of drug-likeness (QED) is 0.370. The summed E-state index contributed by atoms with van der Waals surface area (Å²) in [7, 11) is 0. The zero-order valence-electron chi connectivity index (χ0n) is 20.2. The van der Waals surface area contributed by atoms with Gasteiger partial charge in [0.05, 0.1) is 29.7 Å². The van der Waals surface area contributed by atoms with E-state index in [4.69, 9.17) is 11.6 Å². The number of halogens is 1. The van der Waals surface area contributed by atoms with Crippen molar-refractivity contribution in [1.29, 1.82) is 0 Å². The molecule has 1 aliphatic heterocycles. The maximum Gasteiger partial charge on any atom is 0.264 e. The second-order valence-electron chi connectivity index (χ2n) is 9.35. The number of hydrogen-bond acceptors (Lipinski definition) is 7. The average Bonchev–Trinajstić information content (AvgIpc) is 3.62. The van der Waals surface area contributed by atoms with E-state index in [2.05, 4.69) is 20.2 Å². The van der Waals surface area contributed by atoms with Crippen LogP contribution in [0.5, 0.6) is 0 Å². The van der Waals surface area contributed by atoms with Crippen molar-refractivity contribution >= 4 is 28.5 Å². The molecule has 2 aromatic carbocycles. The average molecular weight is 531 g/mol. The summed E-state index contributed by atoms with van der Waals surface area (Å²) in [6, 6.07) is 14.2. The number of rotatable bonds is 5. The highest BCUT2D eigenvalue weighted by atomic mass is 35.5. The largest absolute Gasteiger partial charge is 0.388 e. The van der Waals surface area contributed by atoms with Crippen LogP contribution in [0.15, 0.2) is 78.5 Å². The van der Waals surface area contributed by atoms with Crippen molar-refractivity contribution in [2.24, 2.45) is 0 Å². The fourth-order valence-electron chi connectivity index (χ4n) is 4.71. The van der Waals surface area contributed by atoms with Gasteiger partial charge in [-0.2, -0.15) is 10.2 Å². The lowest BCUT2D eigenvalue weighted by atomic mass is 9.91. The van der Waals surface area contributed by atoms with Crippen molar-refractivity contribution in [3.8, 4) is 11.4 Å². The third-order valence-electron chi connectivity index (χ3n) is 6.87. The summed E-state index contributed by atoms with van der Waals surface area (Å²) >= 11 is 5.97. The molecule has 6 rings (SSSR count). The van der Waals surface area contributed by atoms with E-state index < -0.39 is 5.60 Å². The number of nitrogens with zero attached hydrogens (tertiary/aromatic N) is 8. The van der Waals surface area contributed by atoms with Crippen molar-refractivity contribution in [2.75, 3.05) is 13.1 Å². The van der Waals surface area contributed by atoms with Crippen LogP contribution in [0.1, 0.15) is 23.2 Å². The molecule has 0 bridgehead atoms. The van der Waals surface area contributed by atoms with E-state index >= 15 is 0 Å². The van der Waals surface area contributed by atoms with Gasteiger partial charge in [0.1, 0.15) is 24.4 Å². The van der Waals surface area contributed by atoms with Crippen molar-refractivity contribution in [2.45, 2.75) is 25.0 Å². The summed E-state index contributed by atoms with van der Waals surface area (Å²) in [6.45, 7) is 0.827. The van der Waals surface area contributed by atoms with Crippen LogP contribution in [-0.2, 0) is 6.54 Å². The molecule has 1 saturated heterocycles. The monoisotopic (exact) mass is 530 g/mol. The van der Waals surface area contributed by atoms with Crippen LogP contribution in [0.25, 0.3) is 22.4 Å². The van der Waals surface area contributed by atoms with E-state index in [0.29, 0.717) is 47.6 Å². The maximum atomic E-state index is 13.2. The number of amides is 1. The first kappa shape index (κ1) is 24.0. The first-order valence-corrected chi connectivity index (χ1v) is 12.4. The number of piperidine rings is 1. The molecule has 0 atom stereocenters. The predicted molar refractivity (Wildman–Crippen MR) is 140 cm³/mol. The Labute approximate surface area is 221 Å². The number of likely N-dealkylation sites (tertiary alicyclic amines) is 1. The zero-order chi connectivity index (χ0) is 26.3. The lowest BCUT2D eigenvalue weighted by Gasteiger charge is -2.38. The van der Waals surface area contributed by atoms with Crippen LogP contribution < -0.4 is 5.56 Å². The molecule has 1 fully saturated rings. The second kappa shape index (κ2) is 9.51. The minimum absolute atomic E-state index is 0.0789. The topological polar surface area (TPSA) is 124 Å². The first-order valence-electron chi connectivity index (χ1n) is 12.1. The molecule has 3 aromatic heterocycles. The van der Waals surface area contributed by atoms with Crippen molar-refractivity contribution in [3.05, 3.63) is 94.6 Å². The summed E-state index contributed by atoms with van der Waals surface area (Å²) in [4.78, 5) is 36.3. The third-order valence-corrected chi connectivity index (χ3v) is 7.12. The molecule has 5 aromatic rings. The van der Waals surface area contributed by atoms with Crippen LogP contribution in [0, 0.1) is 0 Å². The number of carbonyl (C=O) groups is 1. The molecule has 0 aliphatic carbocycles. The molecule has 1 amide bonds. The van der Waals surface area contributed by atoms with Crippen molar-refractivity contribution in [1.82, 2.24) is 39.0 Å². The summed E-state index contributed by atoms with van der Waals surface area (Å²) in [5, 5.41) is 20.6. The molecular weight excluding hydrogens is 508 g/mol. The fraction of sp³-hybridized carbons (Fsp3) is 0.231. The summed E-state index contributed by atoms with van der Waals surface area (Å²) < 4.78 is 4.61. The van der Waals surface area contributed by atoms with Crippen molar-refractivity contribution in [3.63, 3.8) is 0 Å². The Balaban J connectivity index is 1.14. The normalized spacial score (nSPS) is 15.2. The predicted octanol–water partition coefficient (Wildman–Crippen LogP) is 2.48. The Morgan fingerprint density at radius 1 is 0.974 bits per heavy atom. The van der Waals surface area contributed by atoms with Gasteiger partial charge in [-0.15, -0.1) is 0 Å². The lowest BCUT2D eigenvalue weighted by molar-refractivity contribution is -0.0299. The van der Waals surface area contributed by atoms with E-state index in [1.165, 1.54) is 23.4 Å². The van der Waals surface area contributed by atoms with Crippen LogP contribution in [-0.4, -0.2) is 68.7 Å². The van der Waals surface area contributed by atoms with E-state index in [1.54, 1.807) is 57.0 Å². The van der Waals surface area contributed by atoms with Gasteiger partial charge < -0.3 is 10.0 Å². The summed E-state index contributed by atoms with van der Waals surface area (Å²) in [5.74, 6) is -0.105. The van der Waals surface area contributed by atoms with E-state index in [9.17, 15) is 14.7 Å². The summed E-state index contributed by atoms with van der Waals surface area (Å²) in [6.07, 6.45) is 6.63. The Kier molecular flexibility index (Phi) is 6.01. The molecule has 1 N–H and O–H groups in total. The lowest BCUT2D eigenvalue weighted by Crippen LogP contribution is -2.49. The zero-order valence-corrected chi connectivity index (χ0v) is 20.9. The van der Waals surface area contributed by atoms with Crippen LogP contribution >= 0.6 is 11.6 Å². The number of hydrogen-bond donors (Lipinski definition) is 1. The first-order chi connectivity index (χ1) is 18.4. The Hall–Kier alpha value is -4.35. The Bertz CT molecular complexity index is 1650. The van der Waals surface area contributed by atoms with Gasteiger partial charge in [0.2, 0.25) is 0 Å². The molecule has 11 nitrogen and oxygen atoms in total. The van der Waals surface area contributed by atoms with E-state index in [0.717, 1.165) is 11.4 Å². The van der Waals surface area contributed by atoms with Gasteiger partial charge in [0.25, 0.3) is 11.5 Å². The summed E-state index contributed by atoms with van der Waals surface area (Å²) in [5.41, 5.74) is 1.10. The molecule has 0 unspecified atom stereocenters. The van der Waals surface area contributed by atoms with Crippen LogP contribution in [0.3, 0.4) is 0 Å². The van der Waals surface area contributed by atoms with Crippen molar-refractivity contribution < 1.29 is 9.90 Å².